The maximum Gasteiger partial charge on any atom is 0.303 e. The van der Waals surface area contributed by atoms with Gasteiger partial charge < -0.3 is 25.0 Å². The van der Waals surface area contributed by atoms with Crippen LogP contribution in [0.1, 0.15) is 30.0 Å². The number of carboxylic acids is 1. The molecule has 0 aliphatic carbocycles. The van der Waals surface area contributed by atoms with E-state index in [0.29, 0.717) is 16.1 Å². The van der Waals surface area contributed by atoms with Gasteiger partial charge in [-0.05, 0) is 48.4 Å². The molecule has 1 aliphatic rings. The highest BCUT2D eigenvalue weighted by atomic mass is 35.5. The van der Waals surface area contributed by atoms with E-state index >= 15 is 0 Å². The molecule has 1 atom stereocenters. The molecule has 0 bridgehead atoms. The van der Waals surface area contributed by atoms with Gasteiger partial charge in [0.15, 0.2) is 11.5 Å². The number of carbonyl (C=O) groups excluding carboxylic acids is 2. The van der Waals surface area contributed by atoms with Gasteiger partial charge in [0.2, 0.25) is 0 Å². The molecular formula is C22H20ClNO7. The largest absolute Gasteiger partial charge is 0.507 e. The number of nitrogens with zero attached hydrogens (tertiary/aromatic N) is 1. The number of ether oxygens (including phenoxy) is 1. The first-order valence-electron chi connectivity index (χ1n) is 9.37. The van der Waals surface area contributed by atoms with Gasteiger partial charge >= 0.3 is 5.97 Å². The van der Waals surface area contributed by atoms with Gasteiger partial charge in [0.1, 0.15) is 5.76 Å². The van der Waals surface area contributed by atoms with Gasteiger partial charge in [-0.2, -0.15) is 0 Å². The Hall–Kier alpha value is -3.52. The number of ketones is 1. The zero-order valence-electron chi connectivity index (χ0n) is 16.5. The average molecular weight is 446 g/mol. The summed E-state index contributed by atoms with van der Waals surface area (Å²) in [6, 6.07) is 9.45. The smallest absolute Gasteiger partial charge is 0.303 e. The first-order valence-corrected chi connectivity index (χ1v) is 9.75. The van der Waals surface area contributed by atoms with Crippen LogP contribution in [-0.2, 0) is 14.4 Å². The van der Waals surface area contributed by atoms with Gasteiger partial charge in [0.25, 0.3) is 11.7 Å². The summed E-state index contributed by atoms with van der Waals surface area (Å²) in [5, 5.41) is 30.2. The second kappa shape index (κ2) is 9.09. The summed E-state index contributed by atoms with van der Waals surface area (Å²) < 4.78 is 5.13. The van der Waals surface area contributed by atoms with Gasteiger partial charge in [-0.1, -0.05) is 17.7 Å². The van der Waals surface area contributed by atoms with Crippen molar-refractivity contribution in [1.82, 2.24) is 4.90 Å². The molecule has 1 amide bonds. The lowest BCUT2D eigenvalue weighted by Crippen LogP contribution is -2.31. The fraction of sp³-hybridized carbons (Fsp3) is 0.227. The van der Waals surface area contributed by atoms with Crippen LogP contribution in [-0.4, -0.2) is 51.5 Å². The molecule has 2 aromatic carbocycles. The van der Waals surface area contributed by atoms with E-state index < -0.39 is 23.7 Å². The number of likely N-dealkylation sites (tertiary alicyclic amines) is 1. The first kappa shape index (κ1) is 22.2. The second-order valence-electron chi connectivity index (χ2n) is 6.93. The fourth-order valence-electron chi connectivity index (χ4n) is 3.49. The molecule has 1 saturated heterocycles. The number of methoxy groups -OCH3 is 1. The van der Waals surface area contributed by atoms with Crippen LogP contribution in [0.4, 0.5) is 0 Å². The molecule has 1 fully saturated rings. The molecule has 0 spiro atoms. The number of halogens is 1. The van der Waals surface area contributed by atoms with E-state index in [4.69, 9.17) is 21.4 Å². The first-order chi connectivity index (χ1) is 14.7. The second-order valence-corrected chi connectivity index (χ2v) is 7.36. The van der Waals surface area contributed by atoms with Gasteiger partial charge in [-0.3, -0.25) is 14.4 Å². The Bertz CT molecular complexity index is 1060. The molecule has 31 heavy (non-hydrogen) atoms. The lowest BCUT2D eigenvalue weighted by Gasteiger charge is -2.25. The summed E-state index contributed by atoms with van der Waals surface area (Å²) in [7, 11) is 1.36. The molecule has 3 N–H and O–H groups in total. The number of aliphatic hydroxyl groups excluding tert-OH is 1. The van der Waals surface area contributed by atoms with Crippen molar-refractivity contribution in [1.29, 1.82) is 0 Å². The van der Waals surface area contributed by atoms with E-state index in [2.05, 4.69) is 0 Å². The SMILES string of the molecule is COc1cc(C2/C(=C(\O)c3ccc(Cl)cc3)C(=O)C(=O)N2CCCC(=O)O)ccc1O. The summed E-state index contributed by atoms with van der Waals surface area (Å²) in [5.41, 5.74) is 0.568. The van der Waals surface area contributed by atoms with E-state index in [1.807, 2.05) is 0 Å². The predicted octanol–water partition coefficient (Wildman–Crippen LogP) is 3.34. The fourth-order valence-corrected chi connectivity index (χ4v) is 3.61. The number of hydrogen-bond acceptors (Lipinski definition) is 6. The molecule has 2 aromatic rings. The van der Waals surface area contributed by atoms with E-state index in [0.717, 1.165) is 0 Å². The Labute approximate surface area is 182 Å². The Morgan fingerprint density at radius 1 is 1.13 bits per heavy atom. The number of carboxylic acid groups (broad SMARTS) is 1. The molecule has 0 saturated carbocycles. The summed E-state index contributed by atoms with van der Waals surface area (Å²) in [5.74, 6) is -3.15. The molecule has 3 rings (SSSR count). The number of aromatic hydroxyl groups is 1. The van der Waals surface area contributed by atoms with Crippen LogP contribution in [0.5, 0.6) is 11.5 Å². The van der Waals surface area contributed by atoms with Crippen LogP contribution in [0.2, 0.25) is 5.02 Å². The van der Waals surface area contributed by atoms with Crippen molar-refractivity contribution < 1.29 is 34.4 Å². The summed E-state index contributed by atoms with van der Waals surface area (Å²) in [6.07, 6.45) is -0.0686. The highest BCUT2D eigenvalue weighted by Gasteiger charge is 2.46. The van der Waals surface area contributed by atoms with Crippen molar-refractivity contribution in [3.63, 3.8) is 0 Å². The number of Topliss-reactive ketones (excluding diaryl/α,β-unsaturated/α-hetero) is 1. The minimum absolute atomic E-state index is 0.0118. The third-order valence-electron chi connectivity index (χ3n) is 4.97. The van der Waals surface area contributed by atoms with Gasteiger partial charge in [0.05, 0.1) is 18.7 Å². The third-order valence-corrected chi connectivity index (χ3v) is 5.22. The lowest BCUT2D eigenvalue weighted by atomic mass is 9.95. The highest BCUT2D eigenvalue weighted by Crippen LogP contribution is 2.41. The molecule has 8 nitrogen and oxygen atoms in total. The van der Waals surface area contributed by atoms with Crippen LogP contribution < -0.4 is 4.74 Å². The maximum absolute atomic E-state index is 12.9. The Morgan fingerprint density at radius 2 is 1.81 bits per heavy atom. The number of phenols is 1. The number of benzene rings is 2. The van der Waals surface area contributed by atoms with Gasteiger partial charge in [0, 0.05) is 23.6 Å². The summed E-state index contributed by atoms with van der Waals surface area (Å²) >= 11 is 5.89. The number of aliphatic carboxylic acids is 1. The lowest BCUT2D eigenvalue weighted by molar-refractivity contribution is -0.140. The minimum Gasteiger partial charge on any atom is -0.507 e. The maximum atomic E-state index is 12.9. The number of rotatable bonds is 7. The molecular weight excluding hydrogens is 426 g/mol. The van der Waals surface area contributed by atoms with Crippen LogP contribution in [0.3, 0.4) is 0 Å². The monoisotopic (exact) mass is 445 g/mol. The van der Waals surface area contributed by atoms with Gasteiger partial charge in [-0.25, -0.2) is 0 Å². The predicted molar refractivity (Wildman–Crippen MR) is 112 cm³/mol. The van der Waals surface area contributed by atoms with Gasteiger partial charge in [-0.15, -0.1) is 0 Å². The molecule has 0 aromatic heterocycles. The summed E-state index contributed by atoms with van der Waals surface area (Å²) in [6.45, 7) is -0.0118. The molecule has 0 radical (unpaired) electrons. The van der Waals surface area contributed by atoms with Crippen LogP contribution in [0, 0.1) is 0 Å². The normalized spacial score (nSPS) is 17.7. The minimum atomic E-state index is -1.03. The van der Waals surface area contributed by atoms with Crippen molar-refractivity contribution in [2.45, 2.75) is 18.9 Å². The number of phenolic OH excluding ortho intramolecular Hbond substituents is 1. The number of aliphatic hydroxyl groups is 1. The molecule has 1 unspecified atom stereocenters. The zero-order valence-corrected chi connectivity index (χ0v) is 17.3. The van der Waals surface area contributed by atoms with Crippen LogP contribution in [0.25, 0.3) is 5.76 Å². The van der Waals surface area contributed by atoms with Crippen molar-refractivity contribution in [2.75, 3.05) is 13.7 Å². The van der Waals surface area contributed by atoms with Crippen molar-refractivity contribution in [3.05, 3.63) is 64.2 Å². The summed E-state index contributed by atoms with van der Waals surface area (Å²) in [4.78, 5) is 37.8. The van der Waals surface area contributed by atoms with E-state index in [1.165, 1.54) is 54.5 Å². The van der Waals surface area contributed by atoms with E-state index in [1.54, 1.807) is 0 Å². The quantitative estimate of drug-likeness (QED) is 0.339. The van der Waals surface area contributed by atoms with Crippen molar-refractivity contribution in [2.24, 2.45) is 0 Å². The Kier molecular flexibility index (Phi) is 6.50. The number of hydrogen-bond donors (Lipinski definition) is 3. The van der Waals surface area contributed by atoms with E-state index in [9.17, 15) is 24.6 Å². The number of amides is 1. The third kappa shape index (κ3) is 4.49. The molecule has 1 heterocycles. The van der Waals surface area contributed by atoms with Crippen molar-refractivity contribution in [3.8, 4) is 11.5 Å². The zero-order chi connectivity index (χ0) is 22.7. The standard InChI is InChI=1S/C22H20ClNO7/c1-31-16-11-13(6-9-15(16)25)19-18(20(28)12-4-7-14(23)8-5-12)21(29)22(30)24(19)10-2-3-17(26)27/h4-9,11,19,25,28H,2-3,10H2,1H3,(H,26,27)/b20-18+. The Balaban J connectivity index is 2.14. The average Bonchev–Trinajstić information content (AvgIpc) is 2.99. The molecule has 9 heteroatoms. The van der Waals surface area contributed by atoms with Crippen molar-refractivity contribution >= 4 is 35.0 Å². The molecule has 162 valence electrons. The topological polar surface area (TPSA) is 124 Å². The van der Waals surface area contributed by atoms with Crippen LogP contribution >= 0.6 is 11.6 Å². The highest BCUT2D eigenvalue weighted by molar-refractivity contribution is 6.46. The van der Waals surface area contributed by atoms with Crippen LogP contribution in [0.15, 0.2) is 48.0 Å². The Morgan fingerprint density at radius 3 is 2.42 bits per heavy atom. The van der Waals surface area contributed by atoms with E-state index in [-0.39, 0.29) is 42.2 Å². The molecule has 1 aliphatic heterocycles. The number of carbonyl (C=O) groups is 3.